The molecule has 2 aromatic rings. The van der Waals surface area contributed by atoms with E-state index in [9.17, 15) is 18.0 Å². The molecule has 1 aliphatic rings. The van der Waals surface area contributed by atoms with Crippen LogP contribution in [0.5, 0.6) is 0 Å². The molecule has 7 nitrogen and oxygen atoms in total. The molecule has 0 saturated heterocycles. The number of aryl methyl sites for hydroxylation is 1. The van der Waals surface area contributed by atoms with Crippen LogP contribution >= 0.6 is 11.6 Å². The number of nitrogens with one attached hydrogen (secondary N) is 1. The Kier molecular flexibility index (Phi) is 9.19. The third-order valence-corrected chi connectivity index (χ3v) is 7.71. The fourth-order valence-corrected chi connectivity index (χ4v) is 5.43. The summed E-state index contributed by atoms with van der Waals surface area (Å²) >= 11 is 6.08. The second kappa shape index (κ2) is 11.9. The quantitative estimate of drug-likeness (QED) is 0.535. The number of carbonyl (C=O) groups excluding carboxylic acids is 2. The molecule has 3 rings (SSSR count). The van der Waals surface area contributed by atoms with Crippen LogP contribution in [0.2, 0.25) is 5.02 Å². The van der Waals surface area contributed by atoms with Gasteiger partial charge in [-0.1, -0.05) is 66.8 Å². The monoisotopic (exact) mass is 519 g/mol. The second-order valence-electron chi connectivity index (χ2n) is 9.28. The highest BCUT2D eigenvalue weighted by Crippen LogP contribution is 2.23. The fourth-order valence-electron chi connectivity index (χ4n) is 4.40. The molecule has 0 bridgehead atoms. The summed E-state index contributed by atoms with van der Waals surface area (Å²) in [5.74, 6) is -0.699. The minimum absolute atomic E-state index is 0.105. The number of rotatable bonds is 9. The van der Waals surface area contributed by atoms with Crippen LogP contribution in [-0.4, -0.2) is 50.0 Å². The van der Waals surface area contributed by atoms with E-state index in [0.29, 0.717) is 10.7 Å². The number of carbonyl (C=O) groups is 2. The lowest BCUT2D eigenvalue weighted by atomic mass is 9.95. The maximum absolute atomic E-state index is 13.6. The van der Waals surface area contributed by atoms with Gasteiger partial charge in [0.15, 0.2) is 0 Å². The largest absolute Gasteiger partial charge is 0.352 e. The number of sulfonamides is 1. The summed E-state index contributed by atoms with van der Waals surface area (Å²) in [7, 11) is -3.78. The third kappa shape index (κ3) is 7.70. The normalized spacial score (nSPS) is 15.3. The zero-order valence-corrected chi connectivity index (χ0v) is 22.1. The van der Waals surface area contributed by atoms with E-state index in [2.05, 4.69) is 5.32 Å². The Morgan fingerprint density at radius 3 is 2.40 bits per heavy atom. The van der Waals surface area contributed by atoms with Gasteiger partial charge in [-0.2, -0.15) is 0 Å². The smallest absolute Gasteiger partial charge is 0.244 e. The Balaban J connectivity index is 1.87. The first-order valence-corrected chi connectivity index (χ1v) is 14.2. The van der Waals surface area contributed by atoms with Crippen LogP contribution in [0.25, 0.3) is 0 Å². The molecule has 1 aliphatic carbocycles. The van der Waals surface area contributed by atoms with Crippen LogP contribution in [0, 0.1) is 6.92 Å². The molecule has 0 aromatic heterocycles. The van der Waals surface area contributed by atoms with E-state index >= 15 is 0 Å². The molecular weight excluding hydrogens is 486 g/mol. The Bertz CT molecular complexity index is 1150. The van der Waals surface area contributed by atoms with Crippen LogP contribution in [0.15, 0.2) is 48.5 Å². The summed E-state index contributed by atoms with van der Waals surface area (Å²) in [6, 6.07) is 13.4. The SMILES string of the molecule is Cc1cccc(CN(C(=O)CN(c2cccc(Cl)c2)S(C)(=O)=O)[C@H](C)C(=O)NC2CCCCC2)c1. The third-order valence-electron chi connectivity index (χ3n) is 6.33. The van der Waals surface area contributed by atoms with Crippen LogP contribution in [0.3, 0.4) is 0 Å². The predicted molar refractivity (Wildman–Crippen MR) is 140 cm³/mol. The van der Waals surface area contributed by atoms with E-state index in [1.807, 2.05) is 31.2 Å². The first-order valence-electron chi connectivity index (χ1n) is 11.9. The first-order chi connectivity index (χ1) is 16.5. The molecule has 1 saturated carbocycles. The molecule has 0 radical (unpaired) electrons. The minimum atomic E-state index is -3.78. The zero-order valence-electron chi connectivity index (χ0n) is 20.5. The van der Waals surface area contributed by atoms with Crippen LogP contribution < -0.4 is 9.62 Å². The lowest BCUT2D eigenvalue weighted by Gasteiger charge is -2.33. The number of hydrogen-bond acceptors (Lipinski definition) is 4. The van der Waals surface area contributed by atoms with Crippen molar-refractivity contribution in [3.05, 3.63) is 64.7 Å². The van der Waals surface area contributed by atoms with Crippen LogP contribution in [0.4, 0.5) is 5.69 Å². The van der Waals surface area contributed by atoms with Crippen molar-refractivity contribution in [2.24, 2.45) is 0 Å². The Morgan fingerprint density at radius 2 is 1.77 bits per heavy atom. The van der Waals surface area contributed by atoms with Gasteiger partial charge in [0.1, 0.15) is 12.6 Å². The van der Waals surface area contributed by atoms with E-state index in [0.717, 1.165) is 47.4 Å². The average Bonchev–Trinajstić information content (AvgIpc) is 2.80. The molecule has 2 aromatic carbocycles. The van der Waals surface area contributed by atoms with Crippen molar-refractivity contribution in [2.45, 2.75) is 64.6 Å². The van der Waals surface area contributed by atoms with Crippen molar-refractivity contribution in [1.82, 2.24) is 10.2 Å². The molecule has 0 unspecified atom stereocenters. The highest BCUT2D eigenvalue weighted by Gasteiger charge is 2.31. The molecular formula is C26H34ClN3O4S. The Hall–Kier alpha value is -2.58. The van der Waals surface area contributed by atoms with Crippen LogP contribution in [-0.2, 0) is 26.2 Å². The summed E-state index contributed by atoms with van der Waals surface area (Å²) in [5.41, 5.74) is 2.19. The Labute approximate surface area is 213 Å². The summed E-state index contributed by atoms with van der Waals surface area (Å²) in [6.45, 7) is 3.40. The number of halogens is 1. The molecule has 0 heterocycles. The number of hydrogen-bond donors (Lipinski definition) is 1. The van der Waals surface area contributed by atoms with E-state index in [-0.39, 0.29) is 18.5 Å². The van der Waals surface area contributed by atoms with Gasteiger partial charge in [0.25, 0.3) is 0 Å². The lowest BCUT2D eigenvalue weighted by molar-refractivity contribution is -0.139. The summed E-state index contributed by atoms with van der Waals surface area (Å²) in [5, 5.41) is 3.45. The number of benzene rings is 2. The highest BCUT2D eigenvalue weighted by molar-refractivity contribution is 7.92. The predicted octanol–water partition coefficient (Wildman–Crippen LogP) is 4.28. The lowest BCUT2D eigenvalue weighted by Crippen LogP contribution is -2.52. The van der Waals surface area contributed by atoms with Gasteiger partial charge in [-0.05, 0) is 50.5 Å². The van der Waals surface area contributed by atoms with Gasteiger partial charge in [0.05, 0.1) is 11.9 Å². The van der Waals surface area contributed by atoms with Crippen molar-refractivity contribution in [1.29, 1.82) is 0 Å². The molecule has 190 valence electrons. The van der Waals surface area contributed by atoms with Gasteiger partial charge in [0, 0.05) is 17.6 Å². The highest BCUT2D eigenvalue weighted by atomic mass is 35.5. The van der Waals surface area contributed by atoms with Crippen molar-refractivity contribution in [3.8, 4) is 0 Å². The first kappa shape index (κ1) is 27.0. The zero-order chi connectivity index (χ0) is 25.6. The number of nitrogens with zero attached hydrogens (tertiary/aromatic N) is 2. The van der Waals surface area contributed by atoms with Gasteiger partial charge in [-0.3, -0.25) is 13.9 Å². The molecule has 0 spiro atoms. The van der Waals surface area contributed by atoms with Gasteiger partial charge in [-0.15, -0.1) is 0 Å². The van der Waals surface area contributed by atoms with Gasteiger partial charge < -0.3 is 10.2 Å². The van der Waals surface area contributed by atoms with Gasteiger partial charge >= 0.3 is 0 Å². The maximum Gasteiger partial charge on any atom is 0.244 e. The van der Waals surface area contributed by atoms with Crippen molar-refractivity contribution in [2.75, 3.05) is 17.1 Å². The average molecular weight is 520 g/mol. The standard InChI is InChI=1S/C26H34ClN3O4S/c1-19-9-7-10-21(15-19)17-29(20(2)26(32)28-23-12-5-4-6-13-23)25(31)18-30(35(3,33)34)24-14-8-11-22(27)16-24/h7-11,14-16,20,23H,4-6,12-13,17-18H2,1-3H3,(H,28,32)/t20-/m1/s1. The van der Waals surface area contributed by atoms with E-state index < -0.39 is 28.5 Å². The summed E-state index contributed by atoms with van der Waals surface area (Å²) in [4.78, 5) is 28.2. The fraction of sp³-hybridized carbons (Fsp3) is 0.462. The van der Waals surface area contributed by atoms with Gasteiger partial charge in [0.2, 0.25) is 21.8 Å². The van der Waals surface area contributed by atoms with E-state index in [1.165, 1.54) is 17.4 Å². The van der Waals surface area contributed by atoms with Crippen molar-refractivity contribution in [3.63, 3.8) is 0 Å². The second-order valence-corrected chi connectivity index (χ2v) is 11.6. The minimum Gasteiger partial charge on any atom is -0.352 e. The van der Waals surface area contributed by atoms with E-state index in [4.69, 9.17) is 11.6 Å². The molecule has 9 heteroatoms. The molecule has 0 aliphatic heterocycles. The maximum atomic E-state index is 13.6. The summed E-state index contributed by atoms with van der Waals surface area (Å²) < 4.78 is 26.2. The molecule has 35 heavy (non-hydrogen) atoms. The number of amides is 2. The molecule has 1 N–H and O–H groups in total. The summed E-state index contributed by atoms with van der Waals surface area (Å²) in [6.07, 6.45) is 6.24. The molecule has 1 fully saturated rings. The number of anilines is 1. The van der Waals surface area contributed by atoms with Crippen molar-refractivity contribution >= 4 is 39.1 Å². The molecule has 1 atom stereocenters. The van der Waals surface area contributed by atoms with Gasteiger partial charge in [-0.25, -0.2) is 8.42 Å². The van der Waals surface area contributed by atoms with Crippen LogP contribution in [0.1, 0.15) is 50.2 Å². The molecule has 2 amide bonds. The topological polar surface area (TPSA) is 86.8 Å². The van der Waals surface area contributed by atoms with Crippen molar-refractivity contribution < 1.29 is 18.0 Å². The van der Waals surface area contributed by atoms with E-state index in [1.54, 1.807) is 25.1 Å². The Morgan fingerprint density at radius 1 is 1.09 bits per heavy atom.